The molecule has 0 aromatic heterocycles. The standard InChI is InChI=1S/C9H14/c1-2-4-6-9-7-8(9)5-3-1/h3,5,8-9H,1-2,4,6-7H2/b5-3-. The van der Waals surface area contributed by atoms with E-state index < -0.39 is 0 Å². The van der Waals surface area contributed by atoms with Crippen LogP contribution >= 0.6 is 0 Å². The van der Waals surface area contributed by atoms with Crippen LogP contribution in [0.25, 0.3) is 0 Å². The van der Waals surface area contributed by atoms with Crippen LogP contribution in [0.15, 0.2) is 12.2 Å². The van der Waals surface area contributed by atoms with Crippen molar-refractivity contribution in [2.45, 2.75) is 32.1 Å². The van der Waals surface area contributed by atoms with Crippen molar-refractivity contribution in [2.75, 3.05) is 0 Å². The van der Waals surface area contributed by atoms with E-state index in [9.17, 15) is 0 Å². The number of hydrogen-bond acceptors (Lipinski definition) is 0. The van der Waals surface area contributed by atoms with E-state index in [1.807, 2.05) is 0 Å². The van der Waals surface area contributed by atoms with E-state index in [2.05, 4.69) is 12.2 Å². The SMILES string of the molecule is C1=C\C2CC2CCCC/1. The maximum absolute atomic E-state index is 2.43. The lowest BCUT2D eigenvalue weighted by Crippen LogP contribution is -1.84. The summed E-state index contributed by atoms with van der Waals surface area (Å²) in [7, 11) is 0. The lowest BCUT2D eigenvalue weighted by molar-refractivity contribution is 0.605. The minimum atomic E-state index is 1.00. The van der Waals surface area contributed by atoms with E-state index in [-0.39, 0.29) is 0 Å². The highest BCUT2D eigenvalue weighted by atomic mass is 14.4. The molecule has 0 aromatic carbocycles. The Morgan fingerprint density at radius 3 is 3.22 bits per heavy atom. The predicted molar refractivity (Wildman–Crippen MR) is 39.2 cm³/mol. The van der Waals surface area contributed by atoms with Gasteiger partial charge in [-0.25, -0.2) is 0 Å². The van der Waals surface area contributed by atoms with Gasteiger partial charge in [0, 0.05) is 0 Å². The first-order valence-corrected chi connectivity index (χ1v) is 4.13. The molecular formula is C9H14. The minimum absolute atomic E-state index is 1.00. The van der Waals surface area contributed by atoms with E-state index in [0.717, 1.165) is 11.8 Å². The van der Waals surface area contributed by atoms with Crippen LogP contribution in [0.1, 0.15) is 32.1 Å². The second kappa shape index (κ2) is 2.17. The van der Waals surface area contributed by atoms with Gasteiger partial charge in [-0.2, -0.15) is 0 Å². The monoisotopic (exact) mass is 122 g/mol. The quantitative estimate of drug-likeness (QED) is 0.433. The summed E-state index contributed by atoms with van der Waals surface area (Å²) in [4.78, 5) is 0. The number of fused-ring (bicyclic) bond motifs is 1. The Kier molecular flexibility index (Phi) is 1.33. The molecule has 0 spiro atoms. The molecule has 50 valence electrons. The lowest BCUT2D eigenvalue weighted by atomic mass is 10.1. The molecule has 0 heteroatoms. The summed E-state index contributed by atoms with van der Waals surface area (Å²) in [6.07, 6.45) is 12.1. The molecule has 0 heterocycles. The van der Waals surface area contributed by atoms with Crippen molar-refractivity contribution in [2.24, 2.45) is 11.8 Å². The Morgan fingerprint density at radius 2 is 2.22 bits per heavy atom. The molecule has 2 atom stereocenters. The normalized spacial score (nSPS) is 44.4. The maximum Gasteiger partial charge on any atom is -0.0202 e. The van der Waals surface area contributed by atoms with Gasteiger partial charge in [0.05, 0.1) is 0 Å². The fourth-order valence-corrected chi connectivity index (χ4v) is 1.78. The van der Waals surface area contributed by atoms with Gasteiger partial charge in [0.15, 0.2) is 0 Å². The number of hydrogen-bond donors (Lipinski definition) is 0. The Morgan fingerprint density at radius 1 is 1.22 bits per heavy atom. The van der Waals surface area contributed by atoms with Gasteiger partial charge in [-0.1, -0.05) is 18.6 Å². The van der Waals surface area contributed by atoms with Crippen molar-refractivity contribution in [1.82, 2.24) is 0 Å². The van der Waals surface area contributed by atoms with Gasteiger partial charge in [0.1, 0.15) is 0 Å². The molecule has 0 N–H and O–H groups in total. The predicted octanol–water partition coefficient (Wildman–Crippen LogP) is 2.75. The van der Waals surface area contributed by atoms with Crippen molar-refractivity contribution in [3.63, 3.8) is 0 Å². The molecule has 2 aliphatic rings. The van der Waals surface area contributed by atoms with E-state index in [1.54, 1.807) is 0 Å². The first-order chi connectivity index (χ1) is 4.47. The molecule has 0 amide bonds. The van der Waals surface area contributed by atoms with Gasteiger partial charge in [0.25, 0.3) is 0 Å². The summed E-state index contributed by atoms with van der Waals surface area (Å²) in [6, 6.07) is 0. The van der Waals surface area contributed by atoms with Gasteiger partial charge < -0.3 is 0 Å². The highest BCUT2D eigenvalue weighted by molar-refractivity contribution is 5.02. The zero-order chi connectivity index (χ0) is 6.10. The van der Waals surface area contributed by atoms with E-state index >= 15 is 0 Å². The van der Waals surface area contributed by atoms with Crippen LogP contribution in [0.5, 0.6) is 0 Å². The summed E-state index contributed by atoms with van der Waals surface area (Å²) >= 11 is 0. The Balaban J connectivity index is 1.95. The topological polar surface area (TPSA) is 0 Å². The van der Waals surface area contributed by atoms with Gasteiger partial charge in [0.2, 0.25) is 0 Å². The van der Waals surface area contributed by atoms with Crippen LogP contribution in [0.4, 0.5) is 0 Å². The van der Waals surface area contributed by atoms with Crippen molar-refractivity contribution < 1.29 is 0 Å². The molecule has 2 rings (SSSR count). The van der Waals surface area contributed by atoms with Gasteiger partial charge in [-0.3, -0.25) is 0 Å². The third-order valence-corrected chi connectivity index (χ3v) is 2.56. The van der Waals surface area contributed by atoms with Crippen LogP contribution in [-0.4, -0.2) is 0 Å². The van der Waals surface area contributed by atoms with E-state index in [0.29, 0.717) is 0 Å². The molecule has 2 unspecified atom stereocenters. The Bertz CT molecular complexity index is 124. The second-order valence-corrected chi connectivity index (χ2v) is 3.37. The Hall–Kier alpha value is -0.260. The largest absolute Gasteiger partial charge is 0.0882 e. The van der Waals surface area contributed by atoms with E-state index in [4.69, 9.17) is 0 Å². The Labute approximate surface area is 57.0 Å². The van der Waals surface area contributed by atoms with Crippen LogP contribution in [-0.2, 0) is 0 Å². The van der Waals surface area contributed by atoms with Crippen molar-refractivity contribution in [3.05, 3.63) is 12.2 Å². The van der Waals surface area contributed by atoms with Gasteiger partial charge in [-0.05, 0) is 37.5 Å². The van der Waals surface area contributed by atoms with Crippen LogP contribution in [0.3, 0.4) is 0 Å². The van der Waals surface area contributed by atoms with Crippen LogP contribution in [0, 0.1) is 11.8 Å². The third-order valence-electron chi connectivity index (χ3n) is 2.56. The van der Waals surface area contributed by atoms with Crippen LogP contribution < -0.4 is 0 Å². The summed E-state index contributed by atoms with van der Waals surface area (Å²) in [5, 5.41) is 0. The zero-order valence-corrected chi connectivity index (χ0v) is 5.84. The average Bonchev–Trinajstić information content (AvgIpc) is 2.46. The highest BCUT2D eigenvalue weighted by Gasteiger charge is 2.33. The molecule has 0 radical (unpaired) electrons. The van der Waals surface area contributed by atoms with Crippen molar-refractivity contribution in [3.8, 4) is 0 Å². The van der Waals surface area contributed by atoms with Gasteiger partial charge in [-0.15, -0.1) is 0 Å². The summed E-state index contributed by atoms with van der Waals surface area (Å²) in [6.45, 7) is 0. The molecular weight excluding hydrogens is 108 g/mol. The maximum atomic E-state index is 2.43. The number of allylic oxidation sites excluding steroid dienone is 2. The molecule has 0 saturated heterocycles. The third kappa shape index (κ3) is 1.17. The average molecular weight is 122 g/mol. The first kappa shape index (κ1) is 5.52. The fourth-order valence-electron chi connectivity index (χ4n) is 1.78. The molecule has 0 aromatic rings. The smallest absolute Gasteiger partial charge is 0.0202 e. The first-order valence-electron chi connectivity index (χ1n) is 4.13. The minimum Gasteiger partial charge on any atom is -0.0882 e. The second-order valence-electron chi connectivity index (χ2n) is 3.37. The molecule has 0 nitrogen and oxygen atoms in total. The van der Waals surface area contributed by atoms with Crippen molar-refractivity contribution in [1.29, 1.82) is 0 Å². The molecule has 1 saturated carbocycles. The molecule has 2 aliphatic carbocycles. The fraction of sp³-hybridized carbons (Fsp3) is 0.778. The molecule has 0 bridgehead atoms. The summed E-state index contributed by atoms with van der Waals surface area (Å²) < 4.78 is 0. The van der Waals surface area contributed by atoms with Crippen molar-refractivity contribution >= 4 is 0 Å². The molecule has 9 heavy (non-hydrogen) atoms. The molecule has 1 fully saturated rings. The van der Waals surface area contributed by atoms with Gasteiger partial charge >= 0.3 is 0 Å². The zero-order valence-electron chi connectivity index (χ0n) is 5.84. The summed E-state index contributed by atoms with van der Waals surface area (Å²) in [5.41, 5.74) is 0. The van der Waals surface area contributed by atoms with Crippen LogP contribution in [0.2, 0.25) is 0 Å². The molecule has 0 aliphatic heterocycles. The summed E-state index contributed by atoms with van der Waals surface area (Å²) in [5.74, 6) is 2.10. The van der Waals surface area contributed by atoms with E-state index in [1.165, 1.54) is 32.1 Å². The highest BCUT2D eigenvalue weighted by Crippen LogP contribution is 2.44. The number of rotatable bonds is 0. The lowest BCUT2D eigenvalue weighted by Gasteiger charge is -1.99.